The molecule has 0 fully saturated rings. The number of halogens is 2. The second kappa shape index (κ2) is 8.58. The second-order valence-corrected chi connectivity index (χ2v) is 8.24. The molecule has 0 saturated carbocycles. The summed E-state index contributed by atoms with van der Waals surface area (Å²) < 4.78 is 22.2. The highest BCUT2D eigenvalue weighted by Crippen LogP contribution is 2.43. The van der Waals surface area contributed by atoms with Crippen molar-refractivity contribution in [2.75, 3.05) is 13.7 Å². The highest BCUT2D eigenvalue weighted by molar-refractivity contribution is 6.34. The van der Waals surface area contributed by atoms with Crippen LogP contribution >= 0.6 is 23.2 Å². The molecule has 3 aromatic rings. The van der Waals surface area contributed by atoms with E-state index in [9.17, 15) is 9.59 Å². The second-order valence-electron chi connectivity index (χ2n) is 7.42. The van der Waals surface area contributed by atoms with E-state index in [-0.39, 0.29) is 39.9 Å². The van der Waals surface area contributed by atoms with Gasteiger partial charge in [0.25, 0.3) is 0 Å². The zero-order chi connectivity index (χ0) is 22.1. The van der Waals surface area contributed by atoms with E-state index in [2.05, 4.69) is 0 Å². The first kappa shape index (κ1) is 22.0. The van der Waals surface area contributed by atoms with Gasteiger partial charge in [-0.2, -0.15) is 0 Å². The van der Waals surface area contributed by atoms with Crippen LogP contribution in [0.4, 0.5) is 0 Å². The van der Waals surface area contributed by atoms with Gasteiger partial charge in [0, 0.05) is 6.07 Å². The molecule has 6 nitrogen and oxygen atoms in total. The molecule has 0 aliphatic carbocycles. The van der Waals surface area contributed by atoms with Crippen LogP contribution in [0.2, 0.25) is 10.0 Å². The molecule has 0 bridgehead atoms. The topological polar surface area (TPSA) is 75.0 Å². The van der Waals surface area contributed by atoms with Crippen molar-refractivity contribution in [2.24, 2.45) is 0 Å². The number of esters is 1. The Morgan fingerprint density at radius 2 is 1.80 bits per heavy atom. The smallest absolute Gasteiger partial charge is 0.344 e. The summed E-state index contributed by atoms with van der Waals surface area (Å²) in [5, 5.41) is 0.890. The minimum atomic E-state index is -0.649. The van der Waals surface area contributed by atoms with E-state index in [0.717, 1.165) is 0 Å². The number of para-hydroxylation sites is 1. The molecule has 0 amide bonds. The van der Waals surface area contributed by atoms with E-state index in [1.54, 1.807) is 51.1 Å². The lowest BCUT2D eigenvalue weighted by atomic mass is 10.1. The number of benzene rings is 2. The van der Waals surface area contributed by atoms with Crippen LogP contribution in [0.1, 0.15) is 20.8 Å². The molecule has 0 N–H and O–H groups in total. The Balaban J connectivity index is 2.04. The summed E-state index contributed by atoms with van der Waals surface area (Å²) in [5.74, 6) is -0.00341. The van der Waals surface area contributed by atoms with Crippen LogP contribution in [-0.2, 0) is 9.53 Å². The van der Waals surface area contributed by atoms with Gasteiger partial charge in [0.15, 0.2) is 29.1 Å². The van der Waals surface area contributed by atoms with Crippen LogP contribution in [0.5, 0.6) is 11.5 Å². The van der Waals surface area contributed by atoms with Gasteiger partial charge in [-0.1, -0.05) is 29.3 Å². The van der Waals surface area contributed by atoms with Crippen molar-refractivity contribution in [2.45, 2.75) is 26.4 Å². The molecule has 158 valence electrons. The average molecular weight is 451 g/mol. The maximum absolute atomic E-state index is 12.5. The Hall–Kier alpha value is -2.70. The van der Waals surface area contributed by atoms with Crippen LogP contribution < -0.4 is 14.9 Å². The SMILES string of the molecule is COc1c(-c2cc(=O)c3cccc(Cl)c3o2)ccc(Cl)c1OCC(=O)OC(C)(C)C. The zero-order valence-electron chi connectivity index (χ0n) is 16.9. The number of carbonyl (C=O) groups is 1. The molecule has 0 atom stereocenters. The average Bonchev–Trinajstić information content (AvgIpc) is 2.66. The Kier molecular flexibility index (Phi) is 6.29. The molecule has 0 saturated heterocycles. The van der Waals surface area contributed by atoms with Crippen molar-refractivity contribution in [1.82, 2.24) is 0 Å². The monoisotopic (exact) mass is 450 g/mol. The molecule has 0 aliphatic rings. The predicted octanol–water partition coefficient (Wildman–Crippen LogP) is 5.50. The third-order valence-electron chi connectivity index (χ3n) is 3.99. The van der Waals surface area contributed by atoms with Crippen LogP contribution in [0.3, 0.4) is 0 Å². The number of carbonyl (C=O) groups excluding carboxylic acids is 1. The summed E-state index contributed by atoms with van der Waals surface area (Å²) in [6, 6.07) is 9.45. The molecule has 0 spiro atoms. The van der Waals surface area contributed by atoms with Gasteiger partial charge < -0.3 is 18.6 Å². The summed E-state index contributed by atoms with van der Waals surface area (Å²) >= 11 is 12.5. The molecule has 30 heavy (non-hydrogen) atoms. The fourth-order valence-corrected chi connectivity index (χ4v) is 3.26. The molecule has 0 aliphatic heterocycles. The maximum Gasteiger partial charge on any atom is 0.344 e. The van der Waals surface area contributed by atoms with Crippen molar-refractivity contribution >= 4 is 40.1 Å². The van der Waals surface area contributed by atoms with Gasteiger partial charge in [-0.05, 0) is 45.0 Å². The maximum atomic E-state index is 12.5. The molecule has 2 aromatic carbocycles. The van der Waals surface area contributed by atoms with Gasteiger partial charge in [-0.15, -0.1) is 0 Å². The molecule has 1 aromatic heterocycles. The van der Waals surface area contributed by atoms with E-state index in [0.29, 0.717) is 16.0 Å². The summed E-state index contributed by atoms with van der Waals surface area (Å²) in [7, 11) is 1.42. The third kappa shape index (κ3) is 4.71. The molecular formula is C22H20Cl2O6. The van der Waals surface area contributed by atoms with E-state index in [4.69, 9.17) is 41.8 Å². The zero-order valence-corrected chi connectivity index (χ0v) is 18.4. The first-order chi connectivity index (χ1) is 14.1. The van der Waals surface area contributed by atoms with E-state index >= 15 is 0 Å². The number of hydrogen-bond donors (Lipinski definition) is 0. The fourth-order valence-electron chi connectivity index (χ4n) is 2.85. The normalized spacial score (nSPS) is 11.4. The van der Waals surface area contributed by atoms with Crippen LogP contribution in [0.25, 0.3) is 22.3 Å². The summed E-state index contributed by atoms with van der Waals surface area (Å²) in [4.78, 5) is 24.6. The molecule has 3 rings (SSSR count). The number of ether oxygens (including phenoxy) is 3. The van der Waals surface area contributed by atoms with Gasteiger partial charge in [-0.3, -0.25) is 4.79 Å². The quantitative estimate of drug-likeness (QED) is 0.477. The van der Waals surface area contributed by atoms with Crippen LogP contribution in [0, 0.1) is 0 Å². The number of hydrogen-bond acceptors (Lipinski definition) is 6. The summed E-state index contributed by atoms with van der Waals surface area (Å²) in [6.45, 7) is 4.90. The molecular weight excluding hydrogens is 431 g/mol. The van der Waals surface area contributed by atoms with E-state index in [1.165, 1.54) is 13.2 Å². The first-order valence-electron chi connectivity index (χ1n) is 9.04. The van der Waals surface area contributed by atoms with Crippen molar-refractivity contribution < 1.29 is 23.4 Å². The first-order valence-corrected chi connectivity index (χ1v) is 9.80. The molecule has 8 heteroatoms. The Bertz CT molecular complexity index is 1160. The van der Waals surface area contributed by atoms with Crippen LogP contribution in [-0.4, -0.2) is 25.3 Å². The van der Waals surface area contributed by atoms with Crippen LogP contribution in [0.15, 0.2) is 45.6 Å². The minimum Gasteiger partial charge on any atom is -0.492 e. The standard InChI is InChI=1S/C22H20Cl2O6/c1-22(2,3)30-18(26)11-28-21-15(24)9-8-13(20(21)27-4)17-10-16(25)12-6-5-7-14(23)19(12)29-17/h5-10H,11H2,1-4H3. The van der Waals surface area contributed by atoms with E-state index < -0.39 is 11.6 Å². The predicted molar refractivity (Wildman–Crippen MR) is 116 cm³/mol. The van der Waals surface area contributed by atoms with Gasteiger partial charge in [0.1, 0.15) is 11.4 Å². The van der Waals surface area contributed by atoms with Crippen molar-refractivity contribution in [3.8, 4) is 22.8 Å². The summed E-state index contributed by atoms with van der Waals surface area (Å²) in [6.07, 6.45) is 0. The number of rotatable bonds is 5. The van der Waals surface area contributed by atoms with Crippen molar-refractivity contribution in [3.05, 3.63) is 56.7 Å². The highest BCUT2D eigenvalue weighted by atomic mass is 35.5. The molecule has 0 unspecified atom stereocenters. The third-order valence-corrected chi connectivity index (χ3v) is 4.59. The molecule has 0 radical (unpaired) electrons. The number of fused-ring (bicyclic) bond motifs is 1. The van der Waals surface area contributed by atoms with Gasteiger partial charge in [0.2, 0.25) is 0 Å². The minimum absolute atomic E-state index is 0.129. The largest absolute Gasteiger partial charge is 0.492 e. The van der Waals surface area contributed by atoms with Crippen molar-refractivity contribution in [3.63, 3.8) is 0 Å². The lowest BCUT2D eigenvalue weighted by molar-refractivity contribution is -0.157. The molecule has 1 heterocycles. The summed E-state index contributed by atoms with van der Waals surface area (Å²) in [5.41, 5.74) is -0.235. The van der Waals surface area contributed by atoms with E-state index in [1.807, 2.05) is 0 Å². The lowest BCUT2D eigenvalue weighted by Crippen LogP contribution is -2.27. The Morgan fingerprint density at radius 3 is 2.47 bits per heavy atom. The number of methoxy groups -OCH3 is 1. The van der Waals surface area contributed by atoms with Gasteiger partial charge in [0.05, 0.1) is 28.1 Å². The van der Waals surface area contributed by atoms with Gasteiger partial charge in [-0.25, -0.2) is 4.79 Å². The van der Waals surface area contributed by atoms with Crippen molar-refractivity contribution in [1.29, 1.82) is 0 Å². The Labute approximate surface area is 183 Å². The Morgan fingerprint density at radius 1 is 1.07 bits per heavy atom. The highest BCUT2D eigenvalue weighted by Gasteiger charge is 2.22. The van der Waals surface area contributed by atoms with Gasteiger partial charge >= 0.3 is 5.97 Å². The lowest BCUT2D eigenvalue weighted by Gasteiger charge is -2.20. The fraction of sp³-hybridized carbons (Fsp3) is 0.273.